The fourth-order valence-electron chi connectivity index (χ4n) is 2.13. The molecule has 0 radical (unpaired) electrons. The number of unbranched alkanes of at least 4 members (excludes halogenated alkanes) is 2. The van der Waals surface area contributed by atoms with E-state index in [1.54, 1.807) is 0 Å². The Hall–Kier alpha value is 0.200. The van der Waals surface area contributed by atoms with Gasteiger partial charge in [-0.1, -0.05) is 61.6 Å². The molecule has 0 saturated heterocycles. The van der Waals surface area contributed by atoms with Gasteiger partial charge in [-0.15, -0.1) is 0 Å². The number of halogens is 1. The Labute approximate surface area is 113 Å². The highest BCUT2D eigenvalue weighted by atomic mass is 127. The van der Waals surface area contributed by atoms with Crippen LogP contribution in [0.1, 0.15) is 64.7 Å². The van der Waals surface area contributed by atoms with Crippen molar-refractivity contribution in [2.24, 2.45) is 0 Å². The minimum absolute atomic E-state index is 0.00457. The molecule has 0 N–H and O–H groups in total. The predicted molar refractivity (Wildman–Crippen MR) is 74.9 cm³/mol. The zero-order valence-electron chi connectivity index (χ0n) is 10.3. The van der Waals surface area contributed by atoms with Crippen LogP contribution >= 0.6 is 22.6 Å². The molecule has 0 amide bonds. The topological polar surface area (TPSA) is 26.3 Å². The summed E-state index contributed by atoms with van der Waals surface area (Å²) in [6, 6.07) is 0. The molecular weight excluding hydrogens is 315 g/mol. The lowest BCUT2D eigenvalue weighted by Crippen LogP contribution is -2.31. The molecule has 0 aromatic rings. The van der Waals surface area contributed by atoms with E-state index in [4.69, 9.17) is 4.74 Å². The van der Waals surface area contributed by atoms with E-state index in [9.17, 15) is 4.79 Å². The number of hydrogen-bond donors (Lipinski definition) is 0. The van der Waals surface area contributed by atoms with E-state index < -0.39 is 0 Å². The number of rotatable bonds is 6. The summed E-state index contributed by atoms with van der Waals surface area (Å²) < 4.78 is 5.62. The Bertz CT molecular complexity index is 210. The molecule has 0 heterocycles. The van der Waals surface area contributed by atoms with Crippen LogP contribution in [-0.4, -0.2) is 16.0 Å². The van der Waals surface area contributed by atoms with Crippen molar-refractivity contribution in [1.29, 1.82) is 0 Å². The van der Waals surface area contributed by atoms with E-state index in [0.717, 1.165) is 19.3 Å². The molecule has 0 unspecified atom stereocenters. The Morgan fingerprint density at radius 3 is 2.56 bits per heavy atom. The summed E-state index contributed by atoms with van der Waals surface area (Å²) >= 11 is 2.49. The molecule has 94 valence electrons. The second-order valence-corrected chi connectivity index (χ2v) is 7.12. The van der Waals surface area contributed by atoms with Gasteiger partial charge in [0.15, 0.2) is 0 Å². The van der Waals surface area contributed by atoms with Gasteiger partial charge in [-0.2, -0.15) is 0 Å². The van der Waals surface area contributed by atoms with Gasteiger partial charge >= 0.3 is 5.97 Å². The number of carbonyl (C=O) groups is 1. The van der Waals surface area contributed by atoms with Crippen molar-refractivity contribution < 1.29 is 9.53 Å². The smallest absolute Gasteiger partial charge is 0.305 e. The molecule has 3 heteroatoms. The van der Waals surface area contributed by atoms with Crippen LogP contribution in [0.3, 0.4) is 0 Å². The number of hydrogen-bond acceptors (Lipinski definition) is 2. The van der Waals surface area contributed by atoms with Crippen LogP contribution in [0.25, 0.3) is 0 Å². The zero-order valence-corrected chi connectivity index (χ0v) is 12.4. The van der Waals surface area contributed by atoms with Crippen molar-refractivity contribution in [2.75, 3.05) is 6.61 Å². The Kier molecular flexibility index (Phi) is 6.70. The van der Waals surface area contributed by atoms with Gasteiger partial charge in [0.2, 0.25) is 0 Å². The van der Waals surface area contributed by atoms with E-state index in [-0.39, 0.29) is 9.39 Å². The molecule has 1 fully saturated rings. The summed E-state index contributed by atoms with van der Waals surface area (Å²) in [5.74, 6) is -0.00457. The summed E-state index contributed by atoms with van der Waals surface area (Å²) in [5, 5.41) is 0. The van der Waals surface area contributed by atoms with Gasteiger partial charge in [0.1, 0.15) is 6.61 Å². The van der Waals surface area contributed by atoms with E-state index >= 15 is 0 Å². The van der Waals surface area contributed by atoms with Crippen molar-refractivity contribution in [2.45, 2.75) is 68.1 Å². The van der Waals surface area contributed by atoms with Crippen LogP contribution in [0.2, 0.25) is 0 Å². The molecular formula is C13H23IO2. The average Bonchev–Trinajstić information content (AvgIpc) is 2.28. The summed E-state index contributed by atoms with van der Waals surface area (Å²) in [6.45, 7) is 2.77. The highest BCUT2D eigenvalue weighted by Crippen LogP contribution is 2.36. The minimum Gasteiger partial charge on any atom is -0.464 e. The molecule has 16 heavy (non-hydrogen) atoms. The molecule has 0 atom stereocenters. The van der Waals surface area contributed by atoms with Crippen molar-refractivity contribution in [3.63, 3.8) is 0 Å². The highest BCUT2D eigenvalue weighted by molar-refractivity contribution is 14.1. The fraction of sp³-hybridized carbons (Fsp3) is 0.923. The Morgan fingerprint density at radius 1 is 1.25 bits per heavy atom. The van der Waals surface area contributed by atoms with Gasteiger partial charge in [0.25, 0.3) is 0 Å². The fourth-order valence-corrected chi connectivity index (χ4v) is 3.05. The van der Waals surface area contributed by atoms with Crippen LogP contribution in [0.4, 0.5) is 0 Å². The second kappa shape index (κ2) is 7.51. The quantitative estimate of drug-likeness (QED) is 0.313. The van der Waals surface area contributed by atoms with Gasteiger partial charge in [0, 0.05) is 6.42 Å². The Balaban J connectivity index is 2.14. The lowest BCUT2D eigenvalue weighted by molar-refractivity contribution is -0.144. The monoisotopic (exact) mass is 338 g/mol. The molecule has 0 aromatic carbocycles. The van der Waals surface area contributed by atoms with E-state index in [0.29, 0.717) is 13.0 Å². The lowest BCUT2D eigenvalue weighted by atomic mass is 9.90. The first kappa shape index (κ1) is 14.3. The maximum atomic E-state index is 11.5. The first-order chi connectivity index (χ1) is 7.66. The lowest BCUT2D eigenvalue weighted by Gasteiger charge is -2.30. The number of carbonyl (C=O) groups excluding carboxylic acids is 1. The van der Waals surface area contributed by atoms with E-state index in [1.807, 2.05) is 0 Å². The third-order valence-electron chi connectivity index (χ3n) is 3.23. The molecule has 0 spiro atoms. The largest absolute Gasteiger partial charge is 0.464 e. The van der Waals surface area contributed by atoms with Crippen LogP contribution in [-0.2, 0) is 9.53 Å². The maximum absolute atomic E-state index is 11.5. The van der Waals surface area contributed by atoms with Gasteiger partial charge in [-0.3, -0.25) is 4.79 Å². The standard InChI is InChI=1S/C13H23IO2/c1-2-3-5-8-12(15)16-11-13(14)9-6-4-7-10-13/h2-11H2,1H3. The average molecular weight is 338 g/mol. The third kappa shape index (κ3) is 5.51. The maximum Gasteiger partial charge on any atom is 0.305 e. The number of ether oxygens (including phenoxy) is 1. The first-order valence-corrected chi connectivity index (χ1v) is 7.59. The summed E-state index contributed by atoms with van der Waals surface area (Å²) in [5.41, 5.74) is 0. The molecule has 2 nitrogen and oxygen atoms in total. The van der Waals surface area contributed by atoms with Gasteiger partial charge in [-0.25, -0.2) is 0 Å². The molecule has 1 aliphatic rings. The molecule has 0 aliphatic heterocycles. The summed E-state index contributed by atoms with van der Waals surface area (Å²) in [4.78, 5) is 11.5. The SMILES string of the molecule is CCCCCC(=O)OCC1(I)CCCCC1. The predicted octanol–water partition coefficient (Wildman–Crippen LogP) is 4.25. The first-order valence-electron chi connectivity index (χ1n) is 6.51. The van der Waals surface area contributed by atoms with E-state index in [1.165, 1.54) is 32.1 Å². The molecule has 1 rings (SSSR count). The number of alkyl halides is 1. The molecule has 0 aromatic heterocycles. The summed E-state index contributed by atoms with van der Waals surface area (Å²) in [7, 11) is 0. The van der Waals surface area contributed by atoms with Crippen LogP contribution in [0, 0.1) is 0 Å². The van der Waals surface area contributed by atoms with Crippen LogP contribution in [0.15, 0.2) is 0 Å². The molecule has 0 bridgehead atoms. The number of esters is 1. The molecule has 1 aliphatic carbocycles. The normalized spacial score (nSPS) is 19.4. The minimum atomic E-state index is -0.00457. The second-order valence-electron chi connectivity index (χ2n) is 4.83. The zero-order chi connectivity index (χ0) is 11.9. The van der Waals surface area contributed by atoms with Crippen molar-refractivity contribution in [3.05, 3.63) is 0 Å². The van der Waals surface area contributed by atoms with Crippen molar-refractivity contribution in [3.8, 4) is 0 Å². The third-order valence-corrected chi connectivity index (χ3v) is 4.62. The van der Waals surface area contributed by atoms with Crippen molar-refractivity contribution >= 4 is 28.6 Å². The van der Waals surface area contributed by atoms with Gasteiger partial charge < -0.3 is 4.74 Å². The van der Waals surface area contributed by atoms with Crippen LogP contribution in [0.5, 0.6) is 0 Å². The highest BCUT2D eigenvalue weighted by Gasteiger charge is 2.30. The van der Waals surface area contributed by atoms with Gasteiger partial charge in [-0.05, 0) is 19.3 Å². The summed E-state index contributed by atoms with van der Waals surface area (Å²) in [6.07, 6.45) is 10.2. The van der Waals surface area contributed by atoms with Crippen LogP contribution < -0.4 is 0 Å². The van der Waals surface area contributed by atoms with Gasteiger partial charge in [0.05, 0.1) is 3.42 Å². The molecule has 1 saturated carbocycles. The van der Waals surface area contributed by atoms with E-state index in [2.05, 4.69) is 29.5 Å². The van der Waals surface area contributed by atoms with Crippen molar-refractivity contribution in [1.82, 2.24) is 0 Å². The Morgan fingerprint density at radius 2 is 1.94 bits per heavy atom.